The number of methoxy groups -OCH3 is 1. The van der Waals surface area contributed by atoms with Gasteiger partial charge in [0.15, 0.2) is 0 Å². The minimum Gasteiger partial charge on any atom is -0.497 e. The molecule has 0 aliphatic heterocycles. The Morgan fingerprint density at radius 1 is 1.09 bits per heavy atom. The number of hydrogen-bond acceptors (Lipinski definition) is 3. The molecule has 5 nitrogen and oxygen atoms in total. The lowest BCUT2D eigenvalue weighted by atomic mass is 9.95. The topological polar surface area (TPSA) is 58.6 Å². The third-order valence-corrected chi connectivity index (χ3v) is 6.45. The number of carbonyl (C=O) groups is 2. The lowest BCUT2D eigenvalue weighted by Gasteiger charge is -2.31. The predicted molar refractivity (Wildman–Crippen MR) is 128 cm³/mol. The highest BCUT2D eigenvalue weighted by Crippen LogP contribution is 2.20. The van der Waals surface area contributed by atoms with Gasteiger partial charge < -0.3 is 15.0 Å². The molecule has 1 saturated carbocycles. The molecule has 1 aliphatic carbocycles. The van der Waals surface area contributed by atoms with Crippen LogP contribution in [0.4, 0.5) is 0 Å². The van der Waals surface area contributed by atoms with Crippen molar-refractivity contribution in [1.82, 2.24) is 10.2 Å². The molecule has 1 atom stereocenters. The summed E-state index contributed by atoms with van der Waals surface area (Å²) in [5.74, 6) is 0.616. The highest BCUT2D eigenvalue weighted by Gasteiger charge is 2.28. The molecule has 0 bridgehead atoms. The van der Waals surface area contributed by atoms with Crippen molar-refractivity contribution in [2.75, 3.05) is 7.11 Å². The van der Waals surface area contributed by atoms with E-state index in [1.165, 1.54) is 6.42 Å². The lowest BCUT2D eigenvalue weighted by Crippen LogP contribution is -2.50. The number of aryl methyl sites for hydroxylation is 2. The highest BCUT2D eigenvalue weighted by molar-refractivity contribution is 5.88. The molecule has 2 aromatic rings. The van der Waals surface area contributed by atoms with Crippen LogP contribution in [0.2, 0.25) is 0 Å². The molecule has 3 rings (SSSR count). The zero-order valence-electron chi connectivity index (χ0n) is 19.8. The van der Waals surface area contributed by atoms with E-state index < -0.39 is 6.04 Å². The van der Waals surface area contributed by atoms with E-state index in [0.29, 0.717) is 6.54 Å². The first kappa shape index (κ1) is 23.8. The maximum atomic E-state index is 13.5. The number of carbonyl (C=O) groups excluding carboxylic acids is 2. The Hall–Kier alpha value is -2.82. The zero-order chi connectivity index (χ0) is 23.1. The smallest absolute Gasteiger partial charge is 0.242 e. The number of ether oxygens (including phenoxy) is 1. The van der Waals surface area contributed by atoms with Gasteiger partial charge in [-0.05, 0) is 62.4 Å². The molecule has 1 N–H and O–H groups in total. The summed E-state index contributed by atoms with van der Waals surface area (Å²) in [5.41, 5.74) is 4.16. The van der Waals surface area contributed by atoms with Crippen molar-refractivity contribution in [1.29, 1.82) is 0 Å². The molecule has 0 saturated heterocycles. The van der Waals surface area contributed by atoms with Crippen LogP contribution in [0.1, 0.15) is 61.3 Å². The van der Waals surface area contributed by atoms with Crippen molar-refractivity contribution >= 4 is 11.8 Å². The summed E-state index contributed by atoms with van der Waals surface area (Å²) < 4.78 is 5.35. The summed E-state index contributed by atoms with van der Waals surface area (Å²) in [6.07, 6.45) is 5.85. The first-order chi connectivity index (χ1) is 15.4. The fourth-order valence-electron chi connectivity index (χ4n) is 4.37. The van der Waals surface area contributed by atoms with Crippen LogP contribution in [0.25, 0.3) is 0 Å². The van der Waals surface area contributed by atoms with Gasteiger partial charge in [-0.1, -0.05) is 55.2 Å². The number of benzene rings is 2. The Morgan fingerprint density at radius 3 is 2.56 bits per heavy atom. The summed E-state index contributed by atoms with van der Waals surface area (Å²) in [6, 6.07) is 13.5. The second-order valence-corrected chi connectivity index (χ2v) is 9.00. The van der Waals surface area contributed by atoms with Gasteiger partial charge in [-0.15, -0.1) is 0 Å². The van der Waals surface area contributed by atoms with E-state index in [4.69, 9.17) is 4.74 Å². The van der Waals surface area contributed by atoms with Gasteiger partial charge in [-0.3, -0.25) is 9.59 Å². The van der Waals surface area contributed by atoms with Crippen LogP contribution in [-0.4, -0.2) is 35.9 Å². The van der Waals surface area contributed by atoms with Crippen molar-refractivity contribution in [2.24, 2.45) is 0 Å². The van der Waals surface area contributed by atoms with Gasteiger partial charge in [0, 0.05) is 12.6 Å². The Labute approximate surface area is 192 Å². The molecule has 2 aromatic carbocycles. The normalized spacial score (nSPS) is 15.1. The fraction of sp³-hybridized carbons (Fsp3) is 0.481. The largest absolute Gasteiger partial charge is 0.497 e. The molecule has 1 fully saturated rings. The Kier molecular flexibility index (Phi) is 8.32. The first-order valence-corrected chi connectivity index (χ1v) is 11.7. The molecular formula is C27H36N2O3. The van der Waals surface area contributed by atoms with E-state index in [0.717, 1.165) is 53.7 Å². The molecule has 1 aliphatic rings. The summed E-state index contributed by atoms with van der Waals surface area (Å²) in [5, 5.41) is 3.19. The molecule has 32 heavy (non-hydrogen) atoms. The van der Waals surface area contributed by atoms with Gasteiger partial charge in [0.2, 0.25) is 11.8 Å². The van der Waals surface area contributed by atoms with Crippen molar-refractivity contribution in [2.45, 2.75) is 77.9 Å². The van der Waals surface area contributed by atoms with Crippen LogP contribution in [0.15, 0.2) is 42.5 Å². The van der Waals surface area contributed by atoms with E-state index >= 15 is 0 Å². The van der Waals surface area contributed by atoms with Gasteiger partial charge in [-0.25, -0.2) is 0 Å². The van der Waals surface area contributed by atoms with Gasteiger partial charge in [0.05, 0.1) is 13.5 Å². The van der Waals surface area contributed by atoms with Crippen LogP contribution >= 0.6 is 0 Å². The Balaban J connectivity index is 1.81. The highest BCUT2D eigenvalue weighted by atomic mass is 16.5. The number of hydrogen-bond donors (Lipinski definition) is 1. The summed E-state index contributed by atoms with van der Waals surface area (Å²) >= 11 is 0. The van der Waals surface area contributed by atoms with Crippen molar-refractivity contribution < 1.29 is 14.3 Å². The third kappa shape index (κ3) is 6.35. The molecular weight excluding hydrogens is 400 g/mol. The Morgan fingerprint density at radius 2 is 1.84 bits per heavy atom. The molecule has 0 unspecified atom stereocenters. The monoisotopic (exact) mass is 436 g/mol. The van der Waals surface area contributed by atoms with Crippen molar-refractivity contribution in [3.05, 3.63) is 64.7 Å². The van der Waals surface area contributed by atoms with Crippen LogP contribution in [0.5, 0.6) is 5.75 Å². The van der Waals surface area contributed by atoms with Gasteiger partial charge >= 0.3 is 0 Å². The number of nitrogens with one attached hydrogen (secondary N) is 1. The molecule has 0 heterocycles. The summed E-state index contributed by atoms with van der Waals surface area (Å²) in [7, 11) is 1.63. The van der Waals surface area contributed by atoms with E-state index in [1.54, 1.807) is 12.0 Å². The first-order valence-electron chi connectivity index (χ1n) is 11.7. The number of rotatable bonds is 8. The van der Waals surface area contributed by atoms with E-state index in [9.17, 15) is 9.59 Å². The zero-order valence-corrected chi connectivity index (χ0v) is 19.8. The summed E-state index contributed by atoms with van der Waals surface area (Å²) in [4.78, 5) is 28.3. The lowest BCUT2D eigenvalue weighted by molar-refractivity contribution is -0.140. The SMILES string of the molecule is COc1cccc(CN(C(=O)Cc2cc(C)ccc2C)[C@H](C)C(=O)NC2CCCCC2)c1. The molecule has 172 valence electrons. The maximum Gasteiger partial charge on any atom is 0.242 e. The van der Waals surface area contributed by atoms with Crippen molar-refractivity contribution in [3.8, 4) is 5.75 Å². The minimum absolute atomic E-state index is 0.0483. The van der Waals surface area contributed by atoms with Crippen LogP contribution < -0.4 is 10.1 Å². The van der Waals surface area contributed by atoms with Gasteiger partial charge in [0.25, 0.3) is 0 Å². The Bertz CT molecular complexity index is 934. The second-order valence-electron chi connectivity index (χ2n) is 9.00. The standard InChI is InChI=1S/C27H36N2O3/c1-19-13-14-20(2)23(15-19)17-26(30)29(18-22-9-8-12-25(16-22)32-4)21(3)27(31)28-24-10-6-5-7-11-24/h8-9,12-16,21,24H,5-7,10-11,17-18H2,1-4H3,(H,28,31)/t21-/m1/s1. The van der Waals surface area contributed by atoms with Crippen molar-refractivity contribution in [3.63, 3.8) is 0 Å². The number of nitrogens with zero attached hydrogens (tertiary/aromatic N) is 1. The fourth-order valence-corrected chi connectivity index (χ4v) is 4.37. The van der Waals surface area contributed by atoms with Crippen LogP contribution in [0.3, 0.4) is 0 Å². The summed E-state index contributed by atoms with van der Waals surface area (Å²) in [6.45, 7) is 6.24. The molecule has 0 spiro atoms. The van der Waals surface area contributed by atoms with E-state index in [-0.39, 0.29) is 24.3 Å². The molecule has 0 radical (unpaired) electrons. The maximum absolute atomic E-state index is 13.5. The second kappa shape index (κ2) is 11.2. The predicted octanol–water partition coefficient (Wildman–Crippen LogP) is 4.72. The van der Waals surface area contributed by atoms with Gasteiger partial charge in [0.1, 0.15) is 11.8 Å². The average Bonchev–Trinajstić information content (AvgIpc) is 2.80. The minimum atomic E-state index is -0.555. The van der Waals surface area contributed by atoms with Gasteiger partial charge in [-0.2, -0.15) is 0 Å². The molecule has 0 aromatic heterocycles. The van der Waals surface area contributed by atoms with Crippen LogP contribution in [0, 0.1) is 13.8 Å². The molecule has 2 amide bonds. The van der Waals surface area contributed by atoms with E-state index in [1.807, 2.05) is 51.1 Å². The van der Waals surface area contributed by atoms with Crippen LogP contribution in [-0.2, 0) is 22.6 Å². The average molecular weight is 437 g/mol. The van der Waals surface area contributed by atoms with E-state index in [2.05, 4.69) is 17.4 Å². The number of amides is 2. The third-order valence-electron chi connectivity index (χ3n) is 6.45. The molecule has 5 heteroatoms. The quantitative estimate of drug-likeness (QED) is 0.651.